The number of benzene rings is 1. The third-order valence-corrected chi connectivity index (χ3v) is 6.53. The molecule has 1 amide bonds. The molecule has 0 saturated heterocycles. The number of amides is 1. The van der Waals surface area contributed by atoms with E-state index in [-0.39, 0.29) is 21.7 Å². The molecule has 9 heteroatoms. The topological polar surface area (TPSA) is 93.5 Å². The molecule has 8 nitrogen and oxygen atoms in total. The monoisotopic (exact) mass is 422 g/mol. The average molecular weight is 423 g/mol. The zero-order chi connectivity index (χ0) is 22.0. The van der Waals surface area contributed by atoms with Gasteiger partial charge in [-0.15, -0.1) is 0 Å². The molecule has 1 N–H and O–H groups in total. The second-order valence-corrected chi connectivity index (χ2v) is 9.57. The van der Waals surface area contributed by atoms with Crippen LogP contribution >= 0.6 is 0 Å². The van der Waals surface area contributed by atoms with Gasteiger partial charge in [0.2, 0.25) is 10.0 Å². The Labute approximate surface area is 172 Å². The largest absolute Gasteiger partial charge is 0.495 e. The minimum atomic E-state index is -3.79. The number of hydrogen-bond donors (Lipinski definition) is 1. The molecule has 2 aromatic rings. The number of aryl methyl sites for hydroxylation is 1. The molecule has 1 aromatic carbocycles. The highest BCUT2D eigenvalue weighted by atomic mass is 32.2. The van der Waals surface area contributed by atoms with Crippen LogP contribution < -0.4 is 10.1 Å². The number of hydrogen-bond acceptors (Lipinski definition) is 5. The van der Waals surface area contributed by atoms with E-state index in [0.717, 1.165) is 5.69 Å². The second kappa shape index (κ2) is 8.54. The zero-order valence-corrected chi connectivity index (χ0v) is 18.9. The Balaban J connectivity index is 2.46. The summed E-state index contributed by atoms with van der Waals surface area (Å²) in [6.07, 6.45) is 0. The molecule has 0 aliphatic rings. The predicted molar refractivity (Wildman–Crippen MR) is 113 cm³/mol. The highest BCUT2D eigenvalue weighted by Gasteiger charge is 2.27. The number of nitrogens with one attached hydrogen (secondary N) is 1. The number of sulfonamides is 1. The van der Waals surface area contributed by atoms with Crippen molar-refractivity contribution in [2.75, 3.05) is 25.5 Å². The van der Waals surface area contributed by atoms with Crippen LogP contribution in [0.25, 0.3) is 0 Å². The molecular formula is C20H30N4O4S. The van der Waals surface area contributed by atoms with Crippen LogP contribution in [-0.2, 0) is 15.6 Å². The van der Waals surface area contributed by atoms with E-state index >= 15 is 0 Å². The van der Waals surface area contributed by atoms with Gasteiger partial charge in [-0.05, 0) is 45.9 Å². The molecule has 0 fully saturated rings. The van der Waals surface area contributed by atoms with Crippen LogP contribution in [-0.4, -0.2) is 48.6 Å². The third-order valence-electron chi connectivity index (χ3n) is 4.46. The summed E-state index contributed by atoms with van der Waals surface area (Å²) in [6, 6.07) is 6.17. The zero-order valence-electron chi connectivity index (χ0n) is 18.1. The number of nitrogens with zero attached hydrogens (tertiary/aromatic N) is 3. The van der Waals surface area contributed by atoms with Crippen LogP contribution in [0.1, 0.15) is 50.7 Å². The maximum absolute atomic E-state index is 13.0. The first-order valence-electron chi connectivity index (χ1n) is 9.52. The van der Waals surface area contributed by atoms with Crippen LogP contribution in [0.4, 0.5) is 5.82 Å². The van der Waals surface area contributed by atoms with Crippen molar-refractivity contribution >= 4 is 21.7 Å². The van der Waals surface area contributed by atoms with Gasteiger partial charge in [-0.25, -0.2) is 13.1 Å². The van der Waals surface area contributed by atoms with Crippen molar-refractivity contribution in [3.63, 3.8) is 0 Å². The first-order chi connectivity index (χ1) is 13.4. The Morgan fingerprint density at radius 3 is 2.34 bits per heavy atom. The summed E-state index contributed by atoms with van der Waals surface area (Å²) in [6.45, 7) is 12.0. The summed E-state index contributed by atoms with van der Waals surface area (Å²) < 4.78 is 34.3. The van der Waals surface area contributed by atoms with Crippen molar-refractivity contribution in [2.24, 2.45) is 0 Å². The van der Waals surface area contributed by atoms with Crippen LogP contribution in [0.3, 0.4) is 0 Å². The van der Waals surface area contributed by atoms with Crippen molar-refractivity contribution in [2.45, 2.75) is 52.0 Å². The molecule has 0 bridgehead atoms. The van der Waals surface area contributed by atoms with E-state index in [1.165, 1.54) is 23.5 Å². The fourth-order valence-electron chi connectivity index (χ4n) is 3.01. The first kappa shape index (κ1) is 22.9. The van der Waals surface area contributed by atoms with Crippen molar-refractivity contribution in [1.82, 2.24) is 14.1 Å². The molecule has 29 heavy (non-hydrogen) atoms. The Hall–Kier alpha value is -2.39. The number of ether oxygens (including phenoxy) is 1. The van der Waals surface area contributed by atoms with Crippen molar-refractivity contribution in [3.8, 4) is 5.75 Å². The molecule has 0 aliphatic carbocycles. The van der Waals surface area contributed by atoms with E-state index in [4.69, 9.17) is 4.74 Å². The quantitative estimate of drug-likeness (QED) is 0.739. The summed E-state index contributed by atoms with van der Waals surface area (Å²) >= 11 is 0. The molecule has 1 heterocycles. The molecule has 0 atom stereocenters. The fourth-order valence-corrected chi connectivity index (χ4v) is 4.65. The van der Waals surface area contributed by atoms with E-state index < -0.39 is 15.9 Å². The van der Waals surface area contributed by atoms with Crippen LogP contribution in [0.15, 0.2) is 29.2 Å². The third kappa shape index (κ3) is 4.79. The maximum atomic E-state index is 13.0. The highest BCUT2D eigenvalue weighted by molar-refractivity contribution is 7.89. The van der Waals surface area contributed by atoms with Gasteiger partial charge in [0.15, 0.2) is 0 Å². The predicted octanol–water partition coefficient (Wildman–Crippen LogP) is 3.24. The van der Waals surface area contributed by atoms with Gasteiger partial charge in [-0.3, -0.25) is 4.79 Å². The molecule has 0 radical (unpaired) electrons. The van der Waals surface area contributed by atoms with Crippen molar-refractivity contribution in [3.05, 3.63) is 35.5 Å². The molecular weight excluding hydrogens is 392 g/mol. The molecule has 0 unspecified atom stereocenters. The lowest BCUT2D eigenvalue weighted by molar-refractivity contribution is 0.102. The lowest BCUT2D eigenvalue weighted by Gasteiger charge is -2.22. The van der Waals surface area contributed by atoms with Gasteiger partial charge >= 0.3 is 0 Å². The number of methoxy groups -OCH3 is 1. The number of aromatic nitrogens is 2. The van der Waals surface area contributed by atoms with E-state index in [1.807, 2.05) is 27.7 Å². The summed E-state index contributed by atoms with van der Waals surface area (Å²) in [7, 11) is -2.39. The minimum Gasteiger partial charge on any atom is -0.495 e. The summed E-state index contributed by atoms with van der Waals surface area (Å²) in [5, 5.41) is 7.28. The fraction of sp³-hybridized carbons (Fsp3) is 0.500. The average Bonchev–Trinajstić information content (AvgIpc) is 3.02. The van der Waals surface area contributed by atoms with Gasteiger partial charge < -0.3 is 10.1 Å². The smallest absolute Gasteiger partial charge is 0.256 e. The minimum absolute atomic E-state index is 0.0307. The standard InChI is InChI=1S/C20H30N4O4S/c1-8-23(9-2)29(26,27)17-13-15(10-11-16(17)28-7)19(25)21-18-12-14(3)22-24(18)20(4,5)6/h10-13H,8-9H2,1-7H3,(H,21,25). The van der Waals surface area contributed by atoms with Gasteiger partial charge in [-0.1, -0.05) is 13.8 Å². The summed E-state index contributed by atoms with van der Waals surface area (Å²) in [5.41, 5.74) is 0.666. The first-order valence-corrected chi connectivity index (χ1v) is 11.0. The molecule has 0 saturated carbocycles. The van der Waals surface area contributed by atoms with Crippen LogP contribution in [0, 0.1) is 6.92 Å². The normalized spacial score (nSPS) is 12.3. The van der Waals surface area contributed by atoms with Crippen molar-refractivity contribution in [1.29, 1.82) is 0 Å². The molecule has 1 aromatic heterocycles. The van der Waals surface area contributed by atoms with Gasteiger partial charge in [-0.2, -0.15) is 9.40 Å². The highest BCUT2D eigenvalue weighted by Crippen LogP contribution is 2.28. The molecule has 0 spiro atoms. The second-order valence-electron chi connectivity index (χ2n) is 7.66. The van der Waals surface area contributed by atoms with Gasteiger partial charge in [0.1, 0.15) is 16.5 Å². The molecule has 2 rings (SSSR count). The molecule has 0 aliphatic heterocycles. The summed E-state index contributed by atoms with van der Waals surface area (Å²) in [4.78, 5) is 12.9. The van der Waals surface area contributed by atoms with Gasteiger partial charge in [0.05, 0.1) is 18.3 Å². The van der Waals surface area contributed by atoms with Crippen LogP contribution in [0.5, 0.6) is 5.75 Å². The van der Waals surface area contributed by atoms with Gasteiger partial charge in [0.25, 0.3) is 5.91 Å². The van der Waals surface area contributed by atoms with E-state index in [9.17, 15) is 13.2 Å². The SMILES string of the molecule is CCN(CC)S(=O)(=O)c1cc(C(=O)Nc2cc(C)nn2C(C)(C)C)ccc1OC. The van der Waals surface area contributed by atoms with Crippen molar-refractivity contribution < 1.29 is 17.9 Å². The number of carbonyl (C=O) groups is 1. The van der Waals surface area contributed by atoms with E-state index in [1.54, 1.807) is 30.7 Å². The van der Waals surface area contributed by atoms with E-state index in [2.05, 4.69) is 10.4 Å². The number of carbonyl (C=O) groups excluding carboxylic acids is 1. The lowest BCUT2D eigenvalue weighted by Crippen LogP contribution is -2.31. The molecule has 160 valence electrons. The van der Waals surface area contributed by atoms with Crippen LogP contribution in [0.2, 0.25) is 0 Å². The Morgan fingerprint density at radius 2 is 1.83 bits per heavy atom. The summed E-state index contributed by atoms with van der Waals surface area (Å²) in [5.74, 6) is 0.321. The maximum Gasteiger partial charge on any atom is 0.256 e. The number of anilines is 1. The number of rotatable bonds is 7. The lowest BCUT2D eigenvalue weighted by atomic mass is 10.1. The van der Waals surface area contributed by atoms with Gasteiger partial charge in [0, 0.05) is 24.7 Å². The Kier molecular flexibility index (Phi) is 6.74. The Morgan fingerprint density at radius 1 is 1.21 bits per heavy atom. The Bertz CT molecular complexity index is 986. The van der Waals surface area contributed by atoms with E-state index in [0.29, 0.717) is 18.9 Å².